The van der Waals surface area contributed by atoms with Gasteiger partial charge in [-0.2, -0.15) is 4.98 Å². The highest BCUT2D eigenvalue weighted by Crippen LogP contribution is 2.23. The van der Waals surface area contributed by atoms with Gasteiger partial charge in [-0.1, -0.05) is 65.3 Å². The lowest BCUT2D eigenvalue weighted by atomic mass is 9.98. The van der Waals surface area contributed by atoms with Crippen molar-refractivity contribution in [3.05, 3.63) is 113 Å². The van der Waals surface area contributed by atoms with E-state index in [4.69, 9.17) is 9.26 Å². The molecule has 3 aromatic carbocycles. The molecule has 0 aliphatic heterocycles. The van der Waals surface area contributed by atoms with Crippen molar-refractivity contribution in [1.82, 2.24) is 15.5 Å². The largest absolute Gasteiger partial charge is 0.485 e. The topological polar surface area (TPSA) is 60.2 Å². The van der Waals surface area contributed by atoms with Gasteiger partial charge in [0.2, 0.25) is 11.7 Å². The molecule has 0 radical (unpaired) electrons. The minimum atomic E-state index is -0.309. The molecule has 6 heteroatoms. The number of hydrogen-bond donors (Lipinski definition) is 1. The number of halogens is 1. The molecule has 4 rings (SSSR count). The van der Waals surface area contributed by atoms with E-state index in [1.807, 2.05) is 18.2 Å². The number of nitrogens with one attached hydrogen (secondary N) is 1. The van der Waals surface area contributed by atoms with Crippen LogP contribution in [0.2, 0.25) is 0 Å². The van der Waals surface area contributed by atoms with E-state index in [1.54, 1.807) is 12.1 Å². The average Bonchev–Trinajstić information content (AvgIpc) is 3.23. The quantitative estimate of drug-likeness (QED) is 0.450. The first-order valence-corrected chi connectivity index (χ1v) is 9.72. The van der Waals surface area contributed by atoms with E-state index < -0.39 is 0 Å². The molecule has 0 aliphatic rings. The number of rotatable bonds is 8. The molecule has 5 nitrogen and oxygen atoms in total. The van der Waals surface area contributed by atoms with Crippen LogP contribution in [0.1, 0.15) is 34.4 Å². The predicted molar refractivity (Wildman–Crippen MR) is 111 cm³/mol. The van der Waals surface area contributed by atoms with E-state index in [0.717, 1.165) is 11.1 Å². The molecule has 0 bridgehead atoms. The summed E-state index contributed by atoms with van der Waals surface area (Å²) < 4.78 is 23.9. The molecule has 1 aromatic heterocycles. The number of benzene rings is 3. The summed E-state index contributed by atoms with van der Waals surface area (Å²) in [6.07, 6.45) is 0. The second kappa shape index (κ2) is 9.33. The SMILES string of the molecule is Cc1ccc([C@H](NCc2nc(COc3ccc(F)cc3)no2)c2ccccc2)cc1. The van der Waals surface area contributed by atoms with Crippen molar-refractivity contribution in [2.75, 3.05) is 0 Å². The Bertz CT molecular complexity index is 1060. The van der Waals surface area contributed by atoms with Crippen LogP contribution in [0.4, 0.5) is 4.39 Å². The molecular weight excluding hydrogens is 381 g/mol. The maximum absolute atomic E-state index is 13.0. The van der Waals surface area contributed by atoms with Crippen molar-refractivity contribution in [1.29, 1.82) is 0 Å². The molecule has 1 N–H and O–H groups in total. The molecule has 0 spiro atoms. The van der Waals surface area contributed by atoms with Gasteiger partial charge in [0, 0.05) is 0 Å². The van der Waals surface area contributed by atoms with Gasteiger partial charge in [-0.3, -0.25) is 5.32 Å². The van der Waals surface area contributed by atoms with Crippen LogP contribution in [-0.2, 0) is 13.2 Å². The van der Waals surface area contributed by atoms with Gasteiger partial charge in [0.1, 0.15) is 11.6 Å². The van der Waals surface area contributed by atoms with Gasteiger partial charge in [-0.05, 0) is 42.3 Å². The summed E-state index contributed by atoms with van der Waals surface area (Å²) in [6.45, 7) is 2.63. The first-order chi connectivity index (χ1) is 14.7. The van der Waals surface area contributed by atoms with Crippen LogP contribution in [0, 0.1) is 12.7 Å². The summed E-state index contributed by atoms with van der Waals surface area (Å²) >= 11 is 0. The van der Waals surface area contributed by atoms with Crippen molar-refractivity contribution in [3.63, 3.8) is 0 Å². The summed E-state index contributed by atoms with van der Waals surface area (Å²) in [4.78, 5) is 4.38. The fourth-order valence-corrected chi connectivity index (χ4v) is 3.12. The highest BCUT2D eigenvalue weighted by molar-refractivity contribution is 5.33. The highest BCUT2D eigenvalue weighted by atomic mass is 19.1. The lowest BCUT2D eigenvalue weighted by Gasteiger charge is -2.19. The number of ether oxygens (including phenoxy) is 1. The molecule has 0 fully saturated rings. The molecule has 0 unspecified atom stereocenters. The van der Waals surface area contributed by atoms with E-state index in [9.17, 15) is 4.39 Å². The molecule has 0 saturated heterocycles. The summed E-state index contributed by atoms with van der Waals surface area (Å²) in [5.41, 5.74) is 3.53. The fraction of sp³-hybridized carbons (Fsp3) is 0.167. The molecule has 4 aromatic rings. The molecule has 152 valence electrons. The van der Waals surface area contributed by atoms with Crippen LogP contribution in [0.5, 0.6) is 5.75 Å². The van der Waals surface area contributed by atoms with Crippen molar-refractivity contribution < 1.29 is 13.7 Å². The second-order valence-corrected chi connectivity index (χ2v) is 6.98. The molecule has 0 amide bonds. The smallest absolute Gasteiger partial charge is 0.240 e. The Hall–Kier alpha value is -3.51. The summed E-state index contributed by atoms with van der Waals surface area (Å²) in [7, 11) is 0. The summed E-state index contributed by atoms with van der Waals surface area (Å²) in [5, 5.41) is 7.46. The van der Waals surface area contributed by atoms with Crippen molar-refractivity contribution in [2.45, 2.75) is 26.1 Å². The maximum Gasteiger partial charge on any atom is 0.240 e. The number of nitrogens with zero attached hydrogens (tertiary/aromatic N) is 2. The molecule has 0 saturated carbocycles. The number of aryl methyl sites for hydroxylation is 1. The molecule has 1 heterocycles. The Kier molecular flexibility index (Phi) is 6.15. The lowest BCUT2D eigenvalue weighted by molar-refractivity contribution is 0.284. The molecule has 0 aliphatic carbocycles. The predicted octanol–water partition coefficient (Wildman–Crippen LogP) is 4.98. The summed E-state index contributed by atoms with van der Waals surface area (Å²) in [6, 6.07) is 24.5. The Morgan fingerprint density at radius 1 is 0.933 bits per heavy atom. The highest BCUT2D eigenvalue weighted by Gasteiger charge is 2.15. The number of hydrogen-bond acceptors (Lipinski definition) is 5. The Morgan fingerprint density at radius 3 is 2.37 bits per heavy atom. The minimum Gasteiger partial charge on any atom is -0.485 e. The normalized spacial score (nSPS) is 11.9. The van der Waals surface area contributed by atoms with Crippen LogP contribution in [-0.4, -0.2) is 10.1 Å². The zero-order chi connectivity index (χ0) is 20.8. The second-order valence-electron chi connectivity index (χ2n) is 6.98. The third-order valence-corrected chi connectivity index (χ3v) is 4.69. The van der Waals surface area contributed by atoms with Gasteiger partial charge in [-0.25, -0.2) is 4.39 Å². The standard InChI is InChI=1S/C24H22FN3O2/c1-17-7-9-19(10-8-17)24(18-5-3-2-4-6-18)26-15-23-27-22(28-30-23)16-29-21-13-11-20(25)12-14-21/h2-14,24,26H,15-16H2,1H3/t24-/m1/s1. The van der Waals surface area contributed by atoms with Gasteiger partial charge in [0.05, 0.1) is 12.6 Å². The number of aromatic nitrogens is 2. The van der Waals surface area contributed by atoms with Crippen LogP contribution < -0.4 is 10.1 Å². The van der Waals surface area contributed by atoms with Gasteiger partial charge >= 0.3 is 0 Å². The van der Waals surface area contributed by atoms with Gasteiger partial charge < -0.3 is 9.26 Å². The zero-order valence-electron chi connectivity index (χ0n) is 16.6. The maximum atomic E-state index is 13.0. The lowest BCUT2D eigenvalue weighted by Crippen LogP contribution is -2.22. The first kappa shape index (κ1) is 19.8. The zero-order valence-corrected chi connectivity index (χ0v) is 16.6. The van der Waals surface area contributed by atoms with Crippen LogP contribution in [0.15, 0.2) is 83.4 Å². The summed E-state index contributed by atoms with van der Waals surface area (Å²) in [5.74, 6) is 1.14. The van der Waals surface area contributed by atoms with Crippen molar-refractivity contribution >= 4 is 0 Å². The van der Waals surface area contributed by atoms with Crippen LogP contribution in [0.25, 0.3) is 0 Å². The van der Waals surface area contributed by atoms with Crippen LogP contribution in [0.3, 0.4) is 0 Å². The monoisotopic (exact) mass is 403 g/mol. The fourth-order valence-electron chi connectivity index (χ4n) is 3.12. The van der Waals surface area contributed by atoms with E-state index in [-0.39, 0.29) is 18.5 Å². The third-order valence-electron chi connectivity index (χ3n) is 4.69. The molecule has 30 heavy (non-hydrogen) atoms. The minimum absolute atomic E-state index is 0.00221. The van der Waals surface area contributed by atoms with Crippen molar-refractivity contribution in [2.24, 2.45) is 0 Å². The van der Waals surface area contributed by atoms with Crippen molar-refractivity contribution in [3.8, 4) is 5.75 Å². The van der Waals surface area contributed by atoms with Crippen LogP contribution >= 0.6 is 0 Å². The van der Waals surface area contributed by atoms with E-state index in [1.165, 1.54) is 17.7 Å². The molecule has 1 atom stereocenters. The van der Waals surface area contributed by atoms with Gasteiger partial charge in [0.15, 0.2) is 6.61 Å². The van der Waals surface area contributed by atoms with Gasteiger partial charge in [0.25, 0.3) is 0 Å². The van der Waals surface area contributed by atoms with E-state index >= 15 is 0 Å². The Labute approximate surface area is 174 Å². The Balaban J connectivity index is 1.41. The van der Waals surface area contributed by atoms with Gasteiger partial charge in [-0.15, -0.1) is 0 Å². The Morgan fingerprint density at radius 2 is 1.63 bits per heavy atom. The van der Waals surface area contributed by atoms with E-state index in [0.29, 0.717) is 24.0 Å². The first-order valence-electron chi connectivity index (χ1n) is 9.72. The molecular formula is C24H22FN3O2. The van der Waals surface area contributed by atoms with E-state index in [2.05, 4.69) is 58.8 Å². The average molecular weight is 403 g/mol. The third kappa shape index (κ3) is 5.10.